The SMILES string of the molecule is O=C(CCc1nc2ccccc2s1)NCc1ccc(C(=O)N2CCCCC2)cc1. The summed E-state index contributed by atoms with van der Waals surface area (Å²) in [5, 5.41) is 3.95. The van der Waals surface area contributed by atoms with Crippen LogP contribution in [0, 0.1) is 0 Å². The minimum Gasteiger partial charge on any atom is -0.352 e. The van der Waals surface area contributed by atoms with Gasteiger partial charge in [-0.15, -0.1) is 11.3 Å². The fourth-order valence-corrected chi connectivity index (χ4v) is 4.55. The quantitative estimate of drug-likeness (QED) is 0.667. The van der Waals surface area contributed by atoms with Crippen molar-refractivity contribution in [2.45, 2.75) is 38.6 Å². The number of amides is 2. The summed E-state index contributed by atoms with van der Waals surface area (Å²) in [6.07, 6.45) is 4.46. The number of rotatable bonds is 6. The number of likely N-dealkylation sites (tertiary alicyclic amines) is 1. The minimum atomic E-state index is 0.0118. The number of aryl methyl sites for hydroxylation is 1. The molecule has 1 N–H and O–H groups in total. The van der Waals surface area contributed by atoms with E-state index < -0.39 is 0 Å². The van der Waals surface area contributed by atoms with Crippen LogP contribution in [0.25, 0.3) is 10.2 Å². The van der Waals surface area contributed by atoms with E-state index in [1.807, 2.05) is 47.4 Å². The summed E-state index contributed by atoms with van der Waals surface area (Å²) in [5.41, 5.74) is 2.71. The Balaban J connectivity index is 1.25. The number of nitrogens with zero attached hydrogens (tertiary/aromatic N) is 2. The van der Waals surface area contributed by atoms with E-state index in [-0.39, 0.29) is 11.8 Å². The Morgan fingerprint density at radius 1 is 1.00 bits per heavy atom. The molecule has 29 heavy (non-hydrogen) atoms. The molecule has 0 radical (unpaired) electrons. The highest BCUT2D eigenvalue weighted by atomic mass is 32.1. The van der Waals surface area contributed by atoms with E-state index >= 15 is 0 Å². The van der Waals surface area contributed by atoms with Crippen LogP contribution < -0.4 is 5.32 Å². The molecule has 0 unspecified atom stereocenters. The number of aromatic nitrogens is 1. The fourth-order valence-electron chi connectivity index (χ4n) is 3.58. The average molecular weight is 408 g/mol. The average Bonchev–Trinajstić information content (AvgIpc) is 3.20. The first-order chi connectivity index (χ1) is 14.2. The zero-order chi connectivity index (χ0) is 20.1. The van der Waals surface area contributed by atoms with Gasteiger partial charge in [0.15, 0.2) is 0 Å². The van der Waals surface area contributed by atoms with Gasteiger partial charge >= 0.3 is 0 Å². The van der Waals surface area contributed by atoms with E-state index in [4.69, 9.17) is 0 Å². The first kappa shape index (κ1) is 19.6. The topological polar surface area (TPSA) is 62.3 Å². The van der Waals surface area contributed by atoms with Crippen LogP contribution >= 0.6 is 11.3 Å². The van der Waals surface area contributed by atoms with Crippen molar-refractivity contribution >= 4 is 33.4 Å². The number of hydrogen-bond acceptors (Lipinski definition) is 4. The monoisotopic (exact) mass is 407 g/mol. The summed E-state index contributed by atoms with van der Waals surface area (Å²) in [4.78, 5) is 31.2. The Bertz CT molecular complexity index is 958. The second-order valence-corrected chi connectivity index (χ2v) is 8.52. The number of carbonyl (C=O) groups is 2. The number of para-hydroxylation sites is 1. The first-order valence-corrected chi connectivity index (χ1v) is 11.0. The molecule has 2 amide bonds. The van der Waals surface area contributed by atoms with Crippen LogP contribution in [-0.4, -0.2) is 34.8 Å². The van der Waals surface area contributed by atoms with Gasteiger partial charge in [-0.05, 0) is 49.1 Å². The largest absolute Gasteiger partial charge is 0.352 e. The van der Waals surface area contributed by atoms with Crippen molar-refractivity contribution in [1.29, 1.82) is 0 Å². The van der Waals surface area contributed by atoms with Gasteiger partial charge in [0.25, 0.3) is 5.91 Å². The summed E-state index contributed by atoms with van der Waals surface area (Å²) in [6, 6.07) is 15.6. The van der Waals surface area contributed by atoms with Crippen molar-refractivity contribution in [3.63, 3.8) is 0 Å². The molecule has 0 atom stereocenters. The smallest absolute Gasteiger partial charge is 0.253 e. The Hall–Kier alpha value is -2.73. The predicted molar refractivity (Wildman–Crippen MR) is 116 cm³/mol. The number of hydrogen-bond donors (Lipinski definition) is 1. The number of thiazole rings is 1. The van der Waals surface area contributed by atoms with Gasteiger partial charge in [-0.2, -0.15) is 0 Å². The minimum absolute atomic E-state index is 0.0118. The van der Waals surface area contributed by atoms with Gasteiger partial charge in [0.2, 0.25) is 5.91 Å². The van der Waals surface area contributed by atoms with Crippen LogP contribution in [0.1, 0.15) is 46.6 Å². The lowest BCUT2D eigenvalue weighted by Crippen LogP contribution is -2.35. The van der Waals surface area contributed by atoms with Gasteiger partial charge in [0.05, 0.1) is 15.2 Å². The molecule has 1 aliphatic heterocycles. The third-order valence-electron chi connectivity index (χ3n) is 5.24. The highest BCUT2D eigenvalue weighted by Crippen LogP contribution is 2.22. The molecule has 5 nitrogen and oxygen atoms in total. The van der Waals surface area contributed by atoms with E-state index in [0.29, 0.717) is 19.4 Å². The fraction of sp³-hybridized carbons (Fsp3) is 0.348. The Kier molecular flexibility index (Phi) is 6.20. The van der Waals surface area contributed by atoms with Crippen LogP contribution in [-0.2, 0) is 17.8 Å². The number of carbonyl (C=O) groups excluding carboxylic acids is 2. The van der Waals surface area contributed by atoms with E-state index in [0.717, 1.165) is 52.3 Å². The highest BCUT2D eigenvalue weighted by molar-refractivity contribution is 7.18. The van der Waals surface area contributed by atoms with Gasteiger partial charge in [0.1, 0.15) is 0 Å². The Morgan fingerprint density at radius 3 is 2.52 bits per heavy atom. The Morgan fingerprint density at radius 2 is 1.76 bits per heavy atom. The van der Waals surface area contributed by atoms with Crippen molar-refractivity contribution in [2.24, 2.45) is 0 Å². The molecule has 4 rings (SSSR count). The molecule has 2 heterocycles. The molecule has 1 fully saturated rings. The molecule has 1 saturated heterocycles. The summed E-state index contributed by atoms with van der Waals surface area (Å²) < 4.78 is 1.15. The lowest BCUT2D eigenvalue weighted by molar-refractivity contribution is -0.121. The maximum Gasteiger partial charge on any atom is 0.253 e. The number of piperidine rings is 1. The normalized spacial score (nSPS) is 14.1. The lowest BCUT2D eigenvalue weighted by Gasteiger charge is -2.26. The molecule has 0 bridgehead atoms. The molecule has 150 valence electrons. The zero-order valence-corrected chi connectivity index (χ0v) is 17.2. The van der Waals surface area contributed by atoms with Gasteiger partial charge in [-0.1, -0.05) is 24.3 Å². The molecule has 0 saturated carbocycles. The lowest BCUT2D eigenvalue weighted by atomic mass is 10.1. The molecule has 0 spiro atoms. The van der Waals surface area contributed by atoms with Crippen LogP contribution in [0.15, 0.2) is 48.5 Å². The molecule has 1 aromatic heterocycles. The molecular formula is C23H25N3O2S. The van der Waals surface area contributed by atoms with Crippen molar-refractivity contribution in [3.05, 3.63) is 64.7 Å². The van der Waals surface area contributed by atoms with Crippen LogP contribution in [0.5, 0.6) is 0 Å². The van der Waals surface area contributed by atoms with Gasteiger partial charge in [-0.3, -0.25) is 9.59 Å². The molecular weight excluding hydrogens is 382 g/mol. The van der Waals surface area contributed by atoms with Crippen molar-refractivity contribution in [1.82, 2.24) is 15.2 Å². The highest BCUT2D eigenvalue weighted by Gasteiger charge is 2.17. The molecule has 2 aromatic carbocycles. The zero-order valence-electron chi connectivity index (χ0n) is 16.4. The molecule has 6 heteroatoms. The predicted octanol–water partition coefficient (Wildman–Crippen LogP) is 4.17. The van der Waals surface area contributed by atoms with E-state index in [1.165, 1.54) is 6.42 Å². The van der Waals surface area contributed by atoms with E-state index in [9.17, 15) is 9.59 Å². The number of benzene rings is 2. The van der Waals surface area contributed by atoms with Gasteiger partial charge in [0, 0.05) is 38.0 Å². The summed E-state index contributed by atoms with van der Waals surface area (Å²) >= 11 is 1.64. The van der Waals surface area contributed by atoms with E-state index in [2.05, 4.69) is 16.4 Å². The summed E-state index contributed by atoms with van der Waals surface area (Å²) in [5.74, 6) is 0.119. The van der Waals surface area contributed by atoms with Gasteiger partial charge in [-0.25, -0.2) is 4.98 Å². The van der Waals surface area contributed by atoms with Crippen molar-refractivity contribution in [2.75, 3.05) is 13.1 Å². The first-order valence-electron chi connectivity index (χ1n) is 10.2. The van der Waals surface area contributed by atoms with Crippen LogP contribution in [0.2, 0.25) is 0 Å². The van der Waals surface area contributed by atoms with Crippen LogP contribution in [0.4, 0.5) is 0 Å². The molecule has 1 aliphatic rings. The van der Waals surface area contributed by atoms with Crippen LogP contribution in [0.3, 0.4) is 0 Å². The maximum absolute atomic E-state index is 12.5. The number of fused-ring (bicyclic) bond motifs is 1. The molecule has 3 aromatic rings. The second kappa shape index (κ2) is 9.18. The Labute approximate surface area is 174 Å². The summed E-state index contributed by atoms with van der Waals surface area (Å²) in [6.45, 7) is 2.17. The standard InChI is InChI=1S/C23H25N3O2S/c27-21(12-13-22-25-19-6-2-3-7-20(19)29-22)24-16-17-8-10-18(11-9-17)23(28)26-14-4-1-5-15-26/h2-3,6-11H,1,4-5,12-16H2,(H,24,27). The van der Waals surface area contributed by atoms with Crippen molar-refractivity contribution < 1.29 is 9.59 Å². The third-order valence-corrected chi connectivity index (χ3v) is 6.33. The third kappa shape index (κ3) is 5.01. The maximum atomic E-state index is 12.5. The van der Waals surface area contributed by atoms with Gasteiger partial charge < -0.3 is 10.2 Å². The number of nitrogens with one attached hydrogen (secondary N) is 1. The summed E-state index contributed by atoms with van der Waals surface area (Å²) in [7, 11) is 0. The van der Waals surface area contributed by atoms with E-state index in [1.54, 1.807) is 11.3 Å². The van der Waals surface area contributed by atoms with Crippen molar-refractivity contribution in [3.8, 4) is 0 Å². The second-order valence-electron chi connectivity index (χ2n) is 7.40. The molecule has 0 aliphatic carbocycles.